The largest absolute Gasteiger partial charge is 0.377 e. The smallest absolute Gasteiger partial charge is 0.257 e. The lowest BCUT2D eigenvalue weighted by Gasteiger charge is -2.40. The van der Waals surface area contributed by atoms with Gasteiger partial charge in [0.2, 0.25) is 0 Å². The van der Waals surface area contributed by atoms with Crippen LogP contribution in [0.5, 0.6) is 0 Å². The molecular formula is C23H25NO3. The number of fused-ring (bicyclic) bond motifs is 1. The molecule has 27 heavy (non-hydrogen) atoms. The third kappa shape index (κ3) is 3.20. The first-order valence-corrected chi connectivity index (χ1v) is 9.57. The Morgan fingerprint density at radius 1 is 1.15 bits per heavy atom. The van der Waals surface area contributed by atoms with Gasteiger partial charge in [0.05, 0.1) is 0 Å². The maximum Gasteiger partial charge on any atom is 0.257 e. The molecule has 1 aliphatic heterocycles. The molecule has 1 aliphatic carbocycles. The van der Waals surface area contributed by atoms with Crippen LogP contribution in [0.15, 0.2) is 54.6 Å². The molecule has 1 fully saturated rings. The molecule has 1 saturated carbocycles. The summed E-state index contributed by atoms with van der Waals surface area (Å²) in [6.07, 6.45) is 8.48. The number of methoxy groups -OCH3 is 1. The van der Waals surface area contributed by atoms with Crippen molar-refractivity contribution in [2.75, 3.05) is 12.4 Å². The highest BCUT2D eigenvalue weighted by Crippen LogP contribution is 2.42. The highest BCUT2D eigenvalue weighted by Gasteiger charge is 2.49. The molecular weight excluding hydrogens is 338 g/mol. The maximum absolute atomic E-state index is 12.6. The van der Waals surface area contributed by atoms with Crippen molar-refractivity contribution in [2.45, 2.75) is 37.4 Å². The molecule has 1 heterocycles. The Balaban J connectivity index is 1.79. The summed E-state index contributed by atoms with van der Waals surface area (Å²) in [4.78, 5) is 12.6. The first-order chi connectivity index (χ1) is 13.1. The van der Waals surface area contributed by atoms with Gasteiger partial charge in [0.1, 0.15) is 0 Å². The number of amides is 1. The second-order valence-electron chi connectivity index (χ2n) is 7.45. The first-order valence-electron chi connectivity index (χ1n) is 9.57. The van der Waals surface area contributed by atoms with E-state index in [2.05, 4.69) is 17.5 Å². The molecule has 2 aromatic carbocycles. The summed E-state index contributed by atoms with van der Waals surface area (Å²) < 4.78 is 5.43. The number of anilines is 1. The van der Waals surface area contributed by atoms with Crippen LogP contribution in [0.4, 0.5) is 5.69 Å². The normalized spacial score (nSPS) is 25.6. The van der Waals surface area contributed by atoms with Gasteiger partial charge in [-0.05, 0) is 42.0 Å². The first kappa shape index (κ1) is 18.0. The topological polar surface area (TPSA) is 58.6 Å². The summed E-state index contributed by atoms with van der Waals surface area (Å²) in [5.74, 6) is 0.297. The highest BCUT2D eigenvalue weighted by atomic mass is 16.5. The van der Waals surface area contributed by atoms with Gasteiger partial charge in [0.25, 0.3) is 5.91 Å². The lowest BCUT2D eigenvalue weighted by Crippen LogP contribution is -2.52. The molecule has 2 atom stereocenters. The van der Waals surface area contributed by atoms with E-state index in [1.807, 2.05) is 48.5 Å². The van der Waals surface area contributed by atoms with Crippen molar-refractivity contribution in [3.8, 4) is 0 Å². The minimum atomic E-state index is -1.54. The standard InChI is InChI=1S/C23H25NO3/c1-27-21-22(25)24-20-14-13-17(12-11-16-7-5-6-8-16)15-19(20)23(21,26)18-9-3-2-4-10-18/h2-4,9-16,21,26H,5-8H2,1H3,(H,24,25)/b12-11+. The summed E-state index contributed by atoms with van der Waals surface area (Å²) in [7, 11) is 1.45. The van der Waals surface area contributed by atoms with E-state index in [0.29, 0.717) is 22.7 Å². The monoisotopic (exact) mass is 363 g/mol. The fourth-order valence-electron chi connectivity index (χ4n) is 4.29. The second-order valence-corrected chi connectivity index (χ2v) is 7.45. The van der Waals surface area contributed by atoms with Gasteiger partial charge in [-0.25, -0.2) is 0 Å². The van der Waals surface area contributed by atoms with Crippen LogP contribution in [-0.4, -0.2) is 24.2 Å². The van der Waals surface area contributed by atoms with Crippen molar-refractivity contribution in [3.05, 3.63) is 71.3 Å². The molecule has 0 saturated heterocycles. The summed E-state index contributed by atoms with van der Waals surface area (Å²) in [5.41, 5.74) is 1.41. The van der Waals surface area contributed by atoms with Gasteiger partial charge in [0, 0.05) is 18.4 Å². The number of rotatable bonds is 4. The van der Waals surface area contributed by atoms with Crippen LogP contribution in [-0.2, 0) is 15.1 Å². The molecule has 0 spiro atoms. The van der Waals surface area contributed by atoms with E-state index in [9.17, 15) is 9.90 Å². The molecule has 2 N–H and O–H groups in total. The Kier molecular flexibility index (Phi) is 4.85. The second kappa shape index (κ2) is 7.29. The van der Waals surface area contributed by atoms with Crippen LogP contribution in [0.25, 0.3) is 6.08 Å². The van der Waals surface area contributed by atoms with Crippen molar-refractivity contribution in [1.82, 2.24) is 0 Å². The van der Waals surface area contributed by atoms with Gasteiger partial charge < -0.3 is 15.2 Å². The van der Waals surface area contributed by atoms with Crippen LogP contribution < -0.4 is 5.32 Å². The fraction of sp³-hybridized carbons (Fsp3) is 0.348. The summed E-state index contributed by atoms with van der Waals surface area (Å²) in [6, 6.07) is 15.1. The van der Waals surface area contributed by atoms with Crippen LogP contribution in [0.2, 0.25) is 0 Å². The zero-order valence-electron chi connectivity index (χ0n) is 15.5. The van der Waals surface area contributed by atoms with Crippen LogP contribution >= 0.6 is 0 Å². The Labute approximate surface area is 159 Å². The van der Waals surface area contributed by atoms with Crippen LogP contribution in [0.1, 0.15) is 42.4 Å². The number of aliphatic hydroxyl groups is 1. The van der Waals surface area contributed by atoms with Gasteiger partial charge in [0.15, 0.2) is 11.7 Å². The molecule has 2 aliphatic rings. The Hall–Kier alpha value is -2.43. The van der Waals surface area contributed by atoms with Crippen molar-refractivity contribution < 1.29 is 14.6 Å². The highest BCUT2D eigenvalue weighted by molar-refractivity contribution is 5.99. The average Bonchev–Trinajstić information content (AvgIpc) is 3.21. The predicted molar refractivity (Wildman–Crippen MR) is 106 cm³/mol. The number of nitrogens with one attached hydrogen (secondary N) is 1. The molecule has 0 aromatic heterocycles. The van der Waals surface area contributed by atoms with E-state index >= 15 is 0 Å². The van der Waals surface area contributed by atoms with E-state index in [1.54, 1.807) is 0 Å². The van der Waals surface area contributed by atoms with Crippen molar-refractivity contribution in [1.29, 1.82) is 0 Å². The molecule has 140 valence electrons. The summed E-state index contributed by atoms with van der Waals surface area (Å²) in [6.45, 7) is 0. The Morgan fingerprint density at radius 3 is 2.59 bits per heavy atom. The maximum atomic E-state index is 12.6. The van der Waals surface area contributed by atoms with Crippen molar-refractivity contribution >= 4 is 17.7 Å². The number of ether oxygens (including phenoxy) is 1. The lowest BCUT2D eigenvalue weighted by atomic mass is 9.77. The zero-order chi connectivity index (χ0) is 18.9. The number of benzene rings is 2. The van der Waals surface area contributed by atoms with Gasteiger partial charge in [-0.15, -0.1) is 0 Å². The van der Waals surface area contributed by atoms with Gasteiger partial charge in [-0.1, -0.05) is 61.4 Å². The van der Waals surface area contributed by atoms with E-state index < -0.39 is 11.7 Å². The molecule has 0 radical (unpaired) electrons. The van der Waals surface area contributed by atoms with Gasteiger partial charge in [-0.3, -0.25) is 4.79 Å². The van der Waals surface area contributed by atoms with Crippen LogP contribution in [0, 0.1) is 5.92 Å². The van der Waals surface area contributed by atoms with Crippen molar-refractivity contribution in [2.24, 2.45) is 5.92 Å². The fourth-order valence-corrected chi connectivity index (χ4v) is 4.29. The van der Waals surface area contributed by atoms with E-state index in [1.165, 1.54) is 32.8 Å². The van der Waals surface area contributed by atoms with Gasteiger partial charge in [-0.2, -0.15) is 0 Å². The quantitative estimate of drug-likeness (QED) is 0.860. The van der Waals surface area contributed by atoms with E-state index in [-0.39, 0.29) is 5.91 Å². The molecule has 4 nitrogen and oxygen atoms in total. The Bertz CT molecular complexity index is 855. The molecule has 0 bridgehead atoms. The zero-order valence-corrected chi connectivity index (χ0v) is 15.5. The van der Waals surface area contributed by atoms with E-state index in [4.69, 9.17) is 4.74 Å². The van der Waals surface area contributed by atoms with Gasteiger partial charge >= 0.3 is 0 Å². The number of carbonyl (C=O) groups excluding carboxylic acids is 1. The lowest BCUT2D eigenvalue weighted by molar-refractivity contribution is -0.142. The number of hydrogen-bond acceptors (Lipinski definition) is 3. The van der Waals surface area contributed by atoms with Crippen molar-refractivity contribution in [3.63, 3.8) is 0 Å². The van der Waals surface area contributed by atoms with Crippen LogP contribution in [0.3, 0.4) is 0 Å². The number of hydrogen-bond donors (Lipinski definition) is 2. The Morgan fingerprint density at radius 2 is 1.89 bits per heavy atom. The molecule has 1 amide bonds. The molecule has 2 aromatic rings. The summed E-state index contributed by atoms with van der Waals surface area (Å²) in [5, 5.41) is 14.6. The third-order valence-corrected chi connectivity index (χ3v) is 5.74. The molecule has 4 rings (SSSR count). The molecule has 2 unspecified atom stereocenters. The minimum Gasteiger partial charge on any atom is -0.377 e. The van der Waals surface area contributed by atoms with E-state index in [0.717, 1.165) is 5.56 Å². The minimum absolute atomic E-state index is 0.342. The summed E-state index contributed by atoms with van der Waals surface area (Å²) >= 11 is 0. The average molecular weight is 363 g/mol. The third-order valence-electron chi connectivity index (χ3n) is 5.74. The molecule has 4 heteroatoms. The number of allylic oxidation sites excluding steroid dienone is 1. The number of carbonyl (C=O) groups is 1. The predicted octanol–water partition coefficient (Wildman–Crippen LogP) is 4.09. The SMILES string of the molecule is COC1C(=O)Nc2ccc(/C=C/C3CCCC3)cc2C1(O)c1ccccc1.